The van der Waals surface area contributed by atoms with Crippen molar-refractivity contribution in [1.82, 2.24) is 19.8 Å². The largest absolute Gasteiger partial charge is 0.365 e. The van der Waals surface area contributed by atoms with E-state index in [0.29, 0.717) is 50.4 Å². The zero-order valence-corrected chi connectivity index (χ0v) is 18.3. The molecule has 31 heavy (non-hydrogen) atoms. The van der Waals surface area contributed by atoms with Crippen LogP contribution in [0.1, 0.15) is 23.4 Å². The number of anilines is 1. The Morgan fingerprint density at radius 3 is 2.48 bits per heavy atom. The molecule has 0 spiro atoms. The topological polar surface area (TPSA) is 84.5 Å². The Morgan fingerprint density at radius 1 is 1.13 bits per heavy atom. The molecule has 1 fully saturated rings. The first-order chi connectivity index (χ1) is 15.0. The average Bonchev–Trinajstić information content (AvgIpc) is 3.12. The highest BCUT2D eigenvalue weighted by Gasteiger charge is 2.24. The van der Waals surface area contributed by atoms with Gasteiger partial charge in [-0.15, -0.1) is 0 Å². The Balaban J connectivity index is 1.39. The molecule has 1 saturated heterocycles. The van der Waals surface area contributed by atoms with Crippen LogP contribution in [-0.4, -0.2) is 51.9 Å². The van der Waals surface area contributed by atoms with E-state index in [9.17, 15) is 9.59 Å². The minimum Gasteiger partial charge on any atom is -0.365 e. The molecule has 1 aliphatic heterocycles. The lowest BCUT2D eigenvalue weighted by molar-refractivity contribution is -0.131. The molecule has 0 bridgehead atoms. The van der Waals surface area contributed by atoms with Crippen LogP contribution >= 0.6 is 11.6 Å². The summed E-state index contributed by atoms with van der Waals surface area (Å²) >= 11 is 6.41. The number of para-hydroxylation sites is 1. The van der Waals surface area contributed by atoms with Gasteiger partial charge in [-0.1, -0.05) is 35.0 Å². The van der Waals surface area contributed by atoms with Gasteiger partial charge in [0.2, 0.25) is 5.91 Å². The van der Waals surface area contributed by atoms with E-state index in [2.05, 4.69) is 10.3 Å². The SMILES string of the molecule is Cc1noc(C)c1CCC(=O)N1CCN(c2cnn(-c3ccccc3)c(=O)c2Cl)CC1. The van der Waals surface area contributed by atoms with Crippen LogP contribution in [-0.2, 0) is 11.2 Å². The predicted octanol–water partition coefficient (Wildman–Crippen LogP) is 2.77. The fourth-order valence-corrected chi connectivity index (χ4v) is 4.09. The molecule has 9 heteroatoms. The third kappa shape index (κ3) is 4.34. The number of rotatable bonds is 5. The van der Waals surface area contributed by atoms with E-state index in [-0.39, 0.29) is 16.5 Å². The molecule has 0 unspecified atom stereocenters. The minimum absolute atomic E-state index is 0.100. The van der Waals surface area contributed by atoms with Crippen LogP contribution in [0.4, 0.5) is 5.69 Å². The molecule has 162 valence electrons. The molecule has 0 N–H and O–H groups in total. The Kier molecular flexibility index (Phi) is 6.08. The van der Waals surface area contributed by atoms with Crippen molar-refractivity contribution >= 4 is 23.2 Å². The van der Waals surface area contributed by atoms with Crippen LogP contribution in [0.5, 0.6) is 0 Å². The minimum atomic E-state index is -0.358. The van der Waals surface area contributed by atoms with Crippen LogP contribution in [0, 0.1) is 13.8 Å². The maximum absolute atomic E-state index is 12.7. The fraction of sp³-hybridized carbons (Fsp3) is 0.364. The van der Waals surface area contributed by atoms with Crippen molar-refractivity contribution in [1.29, 1.82) is 0 Å². The molecule has 3 aromatic rings. The third-order valence-corrected chi connectivity index (χ3v) is 6.00. The Bertz CT molecular complexity index is 1110. The predicted molar refractivity (Wildman–Crippen MR) is 118 cm³/mol. The zero-order valence-electron chi connectivity index (χ0n) is 17.5. The van der Waals surface area contributed by atoms with Gasteiger partial charge < -0.3 is 14.3 Å². The smallest absolute Gasteiger partial charge is 0.292 e. The molecule has 4 rings (SSSR count). The summed E-state index contributed by atoms with van der Waals surface area (Å²) < 4.78 is 6.46. The highest BCUT2D eigenvalue weighted by atomic mass is 35.5. The van der Waals surface area contributed by atoms with Gasteiger partial charge in [0.05, 0.1) is 23.3 Å². The monoisotopic (exact) mass is 441 g/mol. The number of halogens is 1. The standard InChI is InChI=1S/C22H24ClN5O3/c1-15-18(16(2)31-25-15)8-9-20(29)27-12-10-26(11-13-27)19-14-24-28(22(30)21(19)23)17-6-4-3-5-7-17/h3-7,14H,8-13H2,1-2H3. The second-order valence-electron chi connectivity index (χ2n) is 7.57. The summed E-state index contributed by atoms with van der Waals surface area (Å²) in [6.07, 6.45) is 2.65. The van der Waals surface area contributed by atoms with Gasteiger partial charge in [-0.25, -0.2) is 0 Å². The van der Waals surface area contributed by atoms with Gasteiger partial charge in [-0.2, -0.15) is 9.78 Å². The highest BCUT2D eigenvalue weighted by molar-refractivity contribution is 6.33. The van der Waals surface area contributed by atoms with Crippen LogP contribution in [0.15, 0.2) is 45.8 Å². The molecule has 0 atom stereocenters. The molecule has 3 heterocycles. The third-order valence-electron chi connectivity index (χ3n) is 5.64. The Morgan fingerprint density at radius 2 is 1.84 bits per heavy atom. The highest BCUT2D eigenvalue weighted by Crippen LogP contribution is 2.23. The second kappa shape index (κ2) is 8.93. The van der Waals surface area contributed by atoms with E-state index in [1.807, 2.05) is 41.8 Å². The molecule has 1 aromatic carbocycles. The van der Waals surface area contributed by atoms with Gasteiger partial charge in [-0.3, -0.25) is 9.59 Å². The second-order valence-corrected chi connectivity index (χ2v) is 7.94. The summed E-state index contributed by atoms with van der Waals surface area (Å²) in [6.45, 7) is 6.07. The lowest BCUT2D eigenvalue weighted by Gasteiger charge is -2.36. The normalized spacial score (nSPS) is 14.2. The molecular formula is C22H24ClN5O3. The molecule has 8 nitrogen and oxygen atoms in total. The van der Waals surface area contributed by atoms with Crippen molar-refractivity contribution in [3.8, 4) is 5.69 Å². The Labute approximate surface area is 185 Å². The number of hydrogen-bond acceptors (Lipinski definition) is 6. The van der Waals surface area contributed by atoms with Gasteiger partial charge >= 0.3 is 0 Å². The number of nitrogens with zero attached hydrogens (tertiary/aromatic N) is 5. The van der Waals surface area contributed by atoms with E-state index >= 15 is 0 Å². The maximum atomic E-state index is 12.7. The van der Waals surface area contributed by atoms with Crippen molar-refractivity contribution in [3.63, 3.8) is 0 Å². The van der Waals surface area contributed by atoms with Gasteiger partial charge in [0.1, 0.15) is 10.8 Å². The van der Waals surface area contributed by atoms with Crippen molar-refractivity contribution in [2.45, 2.75) is 26.7 Å². The van der Waals surface area contributed by atoms with E-state index in [0.717, 1.165) is 17.0 Å². The number of amides is 1. The van der Waals surface area contributed by atoms with Gasteiger partial charge in [0.15, 0.2) is 0 Å². The number of hydrogen-bond donors (Lipinski definition) is 0. The summed E-state index contributed by atoms with van der Waals surface area (Å²) in [5.74, 6) is 0.867. The summed E-state index contributed by atoms with van der Waals surface area (Å²) in [4.78, 5) is 29.2. The Hall–Kier alpha value is -3.13. The van der Waals surface area contributed by atoms with Crippen molar-refractivity contribution in [3.05, 3.63) is 68.9 Å². The van der Waals surface area contributed by atoms with E-state index in [4.69, 9.17) is 16.1 Å². The van der Waals surface area contributed by atoms with Gasteiger partial charge in [0, 0.05) is 38.2 Å². The van der Waals surface area contributed by atoms with Crippen molar-refractivity contribution in [2.24, 2.45) is 0 Å². The number of benzene rings is 1. The summed E-state index contributed by atoms with van der Waals surface area (Å²) in [6, 6.07) is 9.16. The molecule has 1 aliphatic rings. The van der Waals surface area contributed by atoms with Crippen LogP contribution in [0.25, 0.3) is 5.69 Å². The molecule has 2 aromatic heterocycles. The summed E-state index contributed by atoms with van der Waals surface area (Å²) in [5, 5.41) is 8.37. The number of carbonyl (C=O) groups is 1. The van der Waals surface area contributed by atoms with Crippen LogP contribution in [0.2, 0.25) is 5.02 Å². The fourth-order valence-electron chi connectivity index (χ4n) is 3.84. The number of piperazine rings is 1. The molecule has 1 amide bonds. The lowest BCUT2D eigenvalue weighted by atomic mass is 10.1. The quantitative estimate of drug-likeness (QED) is 0.605. The van der Waals surface area contributed by atoms with Crippen molar-refractivity contribution in [2.75, 3.05) is 31.1 Å². The van der Waals surface area contributed by atoms with Crippen LogP contribution in [0.3, 0.4) is 0 Å². The first-order valence-electron chi connectivity index (χ1n) is 10.2. The molecule has 0 aliphatic carbocycles. The van der Waals surface area contributed by atoms with E-state index < -0.39 is 0 Å². The zero-order chi connectivity index (χ0) is 22.0. The van der Waals surface area contributed by atoms with Crippen molar-refractivity contribution < 1.29 is 9.32 Å². The summed E-state index contributed by atoms with van der Waals surface area (Å²) in [7, 11) is 0. The van der Waals surface area contributed by atoms with Gasteiger partial charge in [-0.05, 0) is 32.4 Å². The number of aromatic nitrogens is 3. The summed E-state index contributed by atoms with van der Waals surface area (Å²) in [5.41, 5.74) is 2.74. The maximum Gasteiger partial charge on any atom is 0.292 e. The van der Waals surface area contributed by atoms with E-state index in [1.54, 1.807) is 18.3 Å². The molecular weight excluding hydrogens is 418 g/mol. The molecule has 0 saturated carbocycles. The first-order valence-corrected chi connectivity index (χ1v) is 10.6. The number of aryl methyl sites for hydroxylation is 2. The number of carbonyl (C=O) groups excluding carboxylic acids is 1. The van der Waals surface area contributed by atoms with E-state index in [1.165, 1.54) is 4.68 Å². The lowest BCUT2D eigenvalue weighted by Crippen LogP contribution is -2.49. The van der Waals surface area contributed by atoms with Gasteiger partial charge in [0.25, 0.3) is 5.56 Å². The molecule has 0 radical (unpaired) electrons. The van der Waals surface area contributed by atoms with Crippen LogP contribution < -0.4 is 10.5 Å². The first kappa shape index (κ1) is 21.1. The average molecular weight is 442 g/mol.